The minimum atomic E-state index is 0.282. The van der Waals surface area contributed by atoms with Crippen LogP contribution in [0.2, 0.25) is 0 Å². The number of piperazine rings is 1. The molecule has 23 heavy (non-hydrogen) atoms. The van der Waals surface area contributed by atoms with Gasteiger partial charge in [0, 0.05) is 43.9 Å². The van der Waals surface area contributed by atoms with Crippen LogP contribution in [0.1, 0.15) is 24.4 Å². The van der Waals surface area contributed by atoms with Crippen molar-refractivity contribution in [2.45, 2.75) is 18.9 Å². The Bertz CT molecular complexity index is 513. The van der Waals surface area contributed by atoms with Crippen molar-refractivity contribution in [2.75, 3.05) is 47.5 Å². The standard InChI is InChI=1S/C18H28N2O3/c1-5-6-7-15(20-10-8-19-9-11-20)14-12-17(22-3)18(23-4)13-16(14)21-2/h5,12-13,15,19H,1,6-11H2,2-4H3/t15-/m1/s1. The van der Waals surface area contributed by atoms with Crippen molar-refractivity contribution < 1.29 is 14.2 Å². The molecule has 1 aromatic carbocycles. The Kier molecular flexibility index (Phi) is 6.74. The molecular formula is C18H28N2O3. The first-order valence-corrected chi connectivity index (χ1v) is 8.10. The lowest BCUT2D eigenvalue weighted by atomic mass is 9.97. The van der Waals surface area contributed by atoms with Gasteiger partial charge < -0.3 is 19.5 Å². The van der Waals surface area contributed by atoms with E-state index in [4.69, 9.17) is 14.2 Å². The number of nitrogens with zero attached hydrogens (tertiary/aromatic N) is 1. The Balaban J connectivity index is 2.40. The first-order chi connectivity index (χ1) is 11.2. The number of benzene rings is 1. The fraction of sp³-hybridized carbons (Fsp3) is 0.556. The van der Waals surface area contributed by atoms with Crippen LogP contribution in [0.5, 0.6) is 17.2 Å². The number of nitrogens with one attached hydrogen (secondary N) is 1. The molecule has 0 unspecified atom stereocenters. The molecule has 1 aliphatic heterocycles. The molecular weight excluding hydrogens is 292 g/mol. The molecule has 0 aromatic heterocycles. The molecule has 5 heteroatoms. The van der Waals surface area contributed by atoms with E-state index in [1.807, 2.05) is 18.2 Å². The van der Waals surface area contributed by atoms with Crippen LogP contribution in [-0.4, -0.2) is 52.4 Å². The summed E-state index contributed by atoms with van der Waals surface area (Å²) >= 11 is 0. The third-order valence-electron chi connectivity index (χ3n) is 4.33. The first-order valence-electron chi connectivity index (χ1n) is 8.10. The van der Waals surface area contributed by atoms with E-state index < -0.39 is 0 Å². The Morgan fingerprint density at radius 1 is 1.09 bits per heavy atom. The predicted octanol–water partition coefficient (Wildman–Crippen LogP) is 2.62. The maximum Gasteiger partial charge on any atom is 0.164 e. The Labute approximate surface area is 139 Å². The van der Waals surface area contributed by atoms with Crippen molar-refractivity contribution in [1.82, 2.24) is 10.2 Å². The van der Waals surface area contributed by atoms with E-state index in [-0.39, 0.29) is 6.04 Å². The molecule has 0 bridgehead atoms. The van der Waals surface area contributed by atoms with Crippen LogP contribution in [0.4, 0.5) is 0 Å². The third-order valence-corrected chi connectivity index (χ3v) is 4.33. The number of allylic oxidation sites excluding steroid dienone is 1. The lowest BCUT2D eigenvalue weighted by molar-refractivity contribution is 0.163. The van der Waals surface area contributed by atoms with Gasteiger partial charge in [0.15, 0.2) is 11.5 Å². The van der Waals surface area contributed by atoms with E-state index >= 15 is 0 Å². The zero-order valence-corrected chi connectivity index (χ0v) is 14.4. The molecule has 1 aliphatic rings. The van der Waals surface area contributed by atoms with Gasteiger partial charge in [0.05, 0.1) is 21.3 Å². The van der Waals surface area contributed by atoms with Crippen LogP contribution in [0.25, 0.3) is 0 Å². The molecule has 128 valence electrons. The number of ether oxygens (including phenoxy) is 3. The molecule has 0 spiro atoms. The second-order valence-corrected chi connectivity index (χ2v) is 5.62. The van der Waals surface area contributed by atoms with E-state index in [9.17, 15) is 0 Å². The molecule has 0 radical (unpaired) electrons. The van der Waals surface area contributed by atoms with Crippen molar-refractivity contribution in [3.05, 3.63) is 30.4 Å². The molecule has 1 heterocycles. The van der Waals surface area contributed by atoms with E-state index in [0.29, 0.717) is 5.75 Å². The smallest absolute Gasteiger partial charge is 0.164 e. The van der Waals surface area contributed by atoms with Crippen molar-refractivity contribution in [1.29, 1.82) is 0 Å². The Hall–Kier alpha value is -1.72. The van der Waals surface area contributed by atoms with Crippen LogP contribution in [0.3, 0.4) is 0 Å². The highest BCUT2D eigenvalue weighted by Gasteiger charge is 2.26. The Morgan fingerprint density at radius 3 is 2.26 bits per heavy atom. The highest BCUT2D eigenvalue weighted by Crippen LogP contribution is 2.40. The topological polar surface area (TPSA) is 43.0 Å². The van der Waals surface area contributed by atoms with Gasteiger partial charge in [-0.3, -0.25) is 4.90 Å². The minimum Gasteiger partial charge on any atom is -0.496 e. The quantitative estimate of drug-likeness (QED) is 0.746. The van der Waals surface area contributed by atoms with Crippen LogP contribution in [0, 0.1) is 0 Å². The molecule has 0 saturated carbocycles. The van der Waals surface area contributed by atoms with Crippen molar-refractivity contribution in [3.63, 3.8) is 0 Å². The van der Waals surface area contributed by atoms with Crippen LogP contribution < -0.4 is 19.5 Å². The molecule has 1 saturated heterocycles. The number of rotatable bonds is 8. The SMILES string of the molecule is C=CCC[C@H](c1cc(OC)c(OC)cc1OC)N1CCNCC1. The van der Waals surface area contributed by atoms with Gasteiger partial charge in [0.25, 0.3) is 0 Å². The zero-order chi connectivity index (χ0) is 16.7. The molecule has 1 fully saturated rings. The summed E-state index contributed by atoms with van der Waals surface area (Å²) in [6.07, 6.45) is 3.95. The maximum atomic E-state index is 5.64. The van der Waals surface area contributed by atoms with Gasteiger partial charge in [-0.05, 0) is 18.9 Å². The lowest BCUT2D eigenvalue weighted by Gasteiger charge is -2.36. The average molecular weight is 320 g/mol. The normalized spacial score (nSPS) is 16.7. The van der Waals surface area contributed by atoms with E-state index in [1.165, 1.54) is 0 Å². The lowest BCUT2D eigenvalue weighted by Crippen LogP contribution is -2.45. The second kappa shape index (κ2) is 8.79. The highest BCUT2D eigenvalue weighted by atomic mass is 16.5. The molecule has 0 aliphatic carbocycles. The predicted molar refractivity (Wildman–Crippen MR) is 92.7 cm³/mol. The Morgan fingerprint density at radius 2 is 1.70 bits per heavy atom. The summed E-state index contributed by atoms with van der Waals surface area (Å²) in [6.45, 7) is 7.95. The van der Waals surface area contributed by atoms with Crippen LogP contribution in [0.15, 0.2) is 24.8 Å². The summed E-state index contributed by atoms with van der Waals surface area (Å²) in [4.78, 5) is 2.50. The van der Waals surface area contributed by atoms with Crippen LogP contribution >= 0.6 is 0 Å². The van der Waals surface area contributed by atoms with Crippen molar-refractivity contribution >= 4 is 0 Å². The average Bonchev–Trinajstić information content (AvgIpc) is 2.62. The van der Waals surface area contributed by atoms with E-state index in [2.05, 4.69) is 16.8 Å². The third kappa shape index (κ3) is 4.18. The number of methoxy groups -OCH3 is 3. The fourth-order valence-electron chi connectivity index (χ4n) is 3.12. The highest BCUT2D eigenvalue weighted by molar-refractivity contribution is 5.52. The van der Waals surface area contributed by atoms with Gasteiger partial charge in [-0.15, -0.1) is 6.58 Å². The fourth-order valence-corrected chi connectivity index (χ4v) is 3.12. The van der Waals surface area contributed by atoms with Crippen molar-refractivity contribution in [2.24, 2.45) is 0 Å². The summed E-state index contributed by atoms with van der Waals surface area (Å²) in [5.74, 6) is 2.27. The largest absolute Gasteiger partial charge is 0.496 e. The zero-order valence-electron chi connectivity index (χ0n) is 14.4. The van der Waals surface area contributed by atoms with Crippen molar-refractivity contribution in [3.8, 4) is 17.2 Å². The van der Waals surface area contributed by atoms with Crippen LogP contribution in [-0.2, 0) is 0 Å². The van der Waals surface area contributed by atoms with Gasteiger partial charge >= 0.3 is 0 Å². The second-order valence-electron chi connectivity index (χ2n) is 5.62. The molecule has 0 amide bonds. The minimum absolute atomic E-state index is 0.282. The van der Waals surface area contributed by atoms with Gasteiger partial charge in [0.2, 0.25) is 0 Å². The molecule has 1 atom stereocenters. The number of hydrogen-bond acceptors (Lipinski definition) is 5. The van der Waals surface area contributed by atoms with E-state index in [0.717, 1.165) is 56.1 Å². The van der Waals surface area contributed by atoms with Gasteiger partial charge in [-0.25, -0.2) is 0 Å². The first kappa shape index (κ1) is 17.6. The molecule has 2 rings (SSSR count). The maximum absolute atomic E-state index is 5.64. The van der Waals surface area contributed by atoms with Gasteiger partial charge in [-0.1, -0.05) is 6.08 Å². The summed E-state index contributed by atoms with van der Waals surface area (Å²) in [7, 11) is 5.01. The van der Waals surface area contributed by atoms with Gasteiger partial charge in [0.1, 0.15) is 5.75 Å². The van der Waals surface area contributed by atoms with Gasteiger partial charge in [-0.2, -0.15) is 0 Å². The molecule has 1 aromatic rings. The molecule has 5 nitrogen and oxygen atoms in total. The summed E-state index contributed by atoms with van der Waals surface area (Å²) < 4.78 is 16.5. The summed E-state index contributed by atoms with van der Waals surface area (Å²) in [5.41, 5.74) is 1.15. The summed E-state index contributed by atoms with van der Waals surface area (Å²) in [6, 6.07) is 4.25. The number of hydrogen-bond donors (Lipinski definition) is 1. The monoisotopic (exact) mass is 320 g/mol. The summed E-state index contributed by atoms with van der Waals surface area (Å²) in [5, 5.41) is 3.41. The van der Waals surface area contributed by atoms with E-state index in [1.54, 1.807) is 21.3 Å². The molecule has 1 N–H and O–H groups in total.